The molecule has 20 heavy (non-hydrogen) atoms. The van der Waals surface area contributed by atoms with Gasteiger partial charge in [-0.25, -0.2) is 0 Å². The lowest BCUT2D eigenvalue weighted by molar-refractivity contribution is 0.0838. The molecule has 1 aromatic heterocycles. The second-order valence-electron chi connectivity index (χ2n) is 5.23. The lowest BCUT2D eigenvalue weighted by Crippen LogP contribution is -2.24. The largest absolute Gasteiger partial charge is 0.385 e. The highest BCUT2D eigenvalue weighted by Crippen LogP contribution is 2.30. The first-order valence-corrected chi connectivity index (χ1v) is 7.51. The topological polar surface area (TPSA) is 77.0 Å². The van der Waals surface area contributed by atoms with Gasteiger partial charge in [-0.15, -0.1) is 10.2 Å². The van der Waals surface area contributed by atoms with E-state index in [-0.39, 0.29) is 6.04 Å². The van der Waals surface area contributed by atoms with Crippen molar-refractivity contribution in [3.05, 3.63) is 35.9 Å². The number of thioether (sulfide) groups is 1. The number of hydrogen-bond acceptors (Lipinski definition) is 5. The molecule has 1 atom stereocenters. The quantitative estimate of drug-likeness (QED) is 0.828. The zero-order valence-electron chi connectivity index (χ0n) is 11.9. The van der Waals surface area contributed by atoms with Gasteiger partial charge in [-0.1, -0.05) is 42.1 Å². The summed E-state index contributed by atoms with van der Waals surface area (Å²) in [7, 11) is 0. The van der Waals surface area contributed by atoms with E-state index in [1.165, 1.54) is 11.8 Å². The Morgan fingerprint density at radius 1 is 1.30 bits per heavy atom. The predicted molar refractivity (Wildman–Crippen MR) is 81.6 cm³/mol. The Morgan fingerprint density at radius 3 is 2.55 bits per heavy atom. The first kappa shape index (κ1) is 14.9. The van der Waals surface area contributed by atoms with Crippen LogP contribution in [0.15, 0.2) is 35.5 Å². The molecule has 0 aliphatic heterocycles. The highest BCUT2D eigenvalue weighted by molar-refractivity contribution is 7.99. The van der Waals surface area contributed by atoms with Gasteiger partial charge in [0.25, 0.3) is 0 Å². The summed E-state index contributed by atoms with van der Waals surface area (Å²) >= 11 is 1.46. The van der Waals surface area contributed by atoms with E-state index in [0.717, 1.165) is 10.7 Å². The number of nitrogen functional groups attached to an aromatic ring is 1. The average molecular weight is 292 g/mol. The fourth-order valence-electron chi connectivity index (χ4n) is 1.96. The van der Waals surface area contributed by atoms with Crippen LogP contribution < -0.4 is 5.73 Å². The summed E-state index contributed by atoms with van der Waals surface area (Å²) < 4.78 is 1.87. The Bertz CT molecular complexity index is 566. The molecule has 0 radical (unpaired) electrons. The molecule has 0 aliphatic carbocycles. The van der Waals surface area contributed by atoms with Crippen LogP contribution in [0, 0.1) is 0 Å². The molecular formula is C14H20N4OS. The molecule has 2 aromatic rings. The van der Waals surface area contributed by atoms with Gasteiger partial charge in [-0.2, -0.15) is 0 Å². The van der Waals surface area contributed by atoms with Crippen LogP contribution in [0.4, 0.5) is 5.95 Å². The summed E-state index contributed by atoms with van der Waals surface area (Å²) in [5.74, 6) is 0.892. The van der Waals surface area contributed by atoms with Gasteiger partial charge >= 0.3 is 0 Å². The molecule has 5 nitrogen and oxygen atoms in total. The Hall–Kier alpha value is -1.53. The molecule has 0 spiro atoms. The number of aliphatic hydroxyl groups is 1. The molecule has 0 saturated carbocycles. The first-order valence-electron chi connectivity index (χ1n) is 6.53. The number of benzene rings is 1. The normalized spacial score (nSPS) is 14.4. The number of anilines is 1. The van der Waals surface area contributed by atoms with E-state index in [1.54, 1.807) is 6.92 Å². The Balaban J connectivity index is 2.13. The molecule has 1 unspecified atom stereocenters. The lowest BCUT2D eigenvalue weighted by Gasteiger charge is -2.23. The number of nitrogens with zero attached hydrogens (tertiary/aromatic N) is 3. The standard InChI is InChI=1S/C14H20N4OS/c1-10(2)18-12(15)16-17-13(18)20-9-14(3,19)11-7-5-4-6-8-11/h4-8,10,19H,9H2,1-3H3,(H2,15,16). The smallest absolute Gasteiger partial charge is 0.222 e. The van der Waals surface area contributed by atoms with Crippen LogP contribution in [0.5, 0.6) is 0 Å². The van der Waals surface area contributed by atoms with Crippen LogP contribution in [0.1, 0.15) is 32.4 Å². The van der Waals surface area contributed by atoms with Crippen molar-refractivity contribution in [1.82, 2.24) is 14.8 Å². The third-order valence-electron chi connectivity index (χ3n) is 3.09. The molecule has 0 amide bonds. The van der Waals surface area contributed by atoms with Crippen LogP contribution in [-0.4, -0.2) is 25.6 Å². The molecule has 1 heterocycles. The highest BCUT2D eigenvalue weighted by Gasteiger charge is 2.25. The molecule has 0 saturated heterocycles. The number of nitrogens with two attached hydrogens (primary N) is 1. The van der Waals surface area contributed by atoms with Gasteiger partial charge in [0.15, 0.2) is 5.16 Å². The number of hydrogen-bond donors (Lipinski definition) is 2. The third-order valence-corrected chi connectivity index (χ3v) is 4.33. The molecular weight excluding hydrogens is 272 g/mol. The summed E-state index contributed by atoms with van der Waals surface area (Å²) in [5.41, 5.74) is 5.77. The molecule has 1 aromatic carbocycles. The summed E-state index contributed by atoms with van der Waals surface area (Å²) in [5, 5.41) is 19.3. The maximum absolute atomic E-state index is 10.6. The molecule has 2 rings (SSSR count). The van der Waals surface area contributed by atoms with Gasteiger partial charge in [0.1, 0.15) is 0 Å². The number of aromatic nitrogens is 3. The molecule has 0 bridgehead atoms. The second kappa shape index (κ2) is 5.85. The minimum Gasteiger partial charge on any atom is -0.385 e. The minimum absolute atomic E-state index is 0.189. The fraction of sp³-hybridized carbons (Fsp3) is 0.429. The van der Waals surface area contributed by atoms with E-state index < -0.39 is 5.60 Å². The van der Waals surface area contributed by atoms with Crippen molar-refractivity contribution in [1.29, 1.82) is 0 Å². The summed E-state index contributed by atoms with van der Waals surface area (Å²) in [4.78, 5) is 0. The van der Waals surface area contributed by atoms with Gasteiger partial charge < -0.3 is 10.8 Å². The van der Waals surface area contributed by atoms with Crippen molar-refractivity contribution < 1.29 is 5.11 Å². The highest BCUT2D eigenvalue weighted by atomic mass is 32.2. The first-order chi connectivity index (χ1) is 9.42. The van der Waals surface area contributed by atoms with E-state index in [0.29, 0.717) is 11.7 Å². The predicted octanol–water partition coefficient (Wildman–Crippen LogP) is 2.44. The maximum Gasteiger partial charge on any atom is 0.222 e. The maximum atomic E-state index is 10.6. The Labute approximate surface area is 123 Å². The molecule has 0 aliphatic rings. The van der Waals surface area contributed by atoms with Gasteiger partial charge in [-0.3, -0.25) is 4.57 Å². The van der Waals surface area contributed by atoms with Gasteiger partial charge in [0.2, 0.25) is 5.95 Å². The zero-order valence-corrected chi connectivity index (χ0v) is 12.8. The van der Waals surface area contributed by atoms with Crippen LogP contribution in [0.3, 0.4) is 0 Å². The second-order valence-corrected chi connectivity index (χ2v) is 6.18. The molecule has 0 fully saturated rings. The van der Waals surface area contributed by atoms with Crippen molar-refractivity contribution in [2.24, 2.45) is 0 Å². The van der Waals surface area contributed by atoms with Gasteiger partial charge in [0.05, 0.1) is 5.60 Å². The monoisotopic (exact) mass is 292 g/mol. The summed E-state index contributed by atoms with van der Waals surface area (Å²) in [6.07, 6.45) is 0. The van der Waals surface area contributed by atoms with Crippen LogP contribution >= 0.6 is 11.8 Å². The third kappa shape index (κ3) is 3.13. The van der Waals surface area contributed by atoms with Crippen LogP contribution in [0.2, 0.25) is 0 Å². The summed E-state index contributed by atoms with van der Waals surface area (Å²) in [6, 6.07) is 9.80. The van der Waals surface area contributed by atoms with Crippen LogP contribution in [-0.2, 0) is 5.60 Å². The number of rotatable bonds is 5. The van der Waals surface area contributed by atoms with E-state index in [4.69, 9.17) is 5.73 Å². The summed E-state index contributed by atoms with van der Waals surface area (Å²) in [6.45, 7) is 5.85. The van der Waals surface area contributed by atoms with Crippen LogP contribution in [0.25, 0.3) is 0 Å². The molecule has 6 heteroatoms. The van der Waals surface area contributed by atoms with E-state index in [9.17, 15) is 5.11 Å². The van der Waals surface area contributed by atoms with Crippen molar-refractivity contribution in [2.75, 3.05) is 11.5 Å². The van der Waals surface area contributed by atoms with Crippen molar-refractivity contribution in [3.8, 4) is 0 Å². The van der Waals surface area contributed by atoms with Crippen molar-refractivity contribution in [2.45, 2.75) is 37.6 Å². The van der Waals surface area contributed by atoms with Gasteiger partial charge in [-0.05, 0) is 26.3 Å². The lowest BCUT2D eigenvalue weighted by atomic mass is 9.99. The van der Waals surface area contributed by atoms with E-state index in [1.807, 2.05) is 48.7 Å². The molecule has 108 valence electrons. The zero-order chi connectivity index (χ0) is 14.8. The van der Waals surface area contributed by atoms with E-state index in [2.05, 4.69) is 10.2 Å². The Morgan fingerprint density at radius 2 is 1.95 bits per heavy atom. The van der Waals surface area contributed by atoms with Crippen molar-refractivity contribution in [3.63, 3.8) is 0 Å². The van der Waals surface area contributed by atoms with Crippen molar-refractivity contribution >= 4 is 17.7 Å². The average Bonchev–Trinajstić information content (AvgIpc) is 2.79. The van der Waals surface area contributed by atoms with E-state index >= 15 is 0 Å². The Kier molecular flexibility index (Phi) is 4.35. The SMILES string of the molecule is CC(C)n1c(N)nnc1SCC(C)(O)c1ccccc1. The fourth-order valence-corrected chi connectivity index (χ4v) is 3.08. The molecule has 3 N–H and O–H groups in total. The minimum atomic E-state index is -0.922. The van der Waals surface area contributed by atoms with Gasteiger partial charge in [0, 0.05) is 11.8 Å².